The summed E-state index contributed by atoms with van der Waals surface area (Å²) in [5.74, 6) is 0.212. The SMILES string of the molecule is O=S(=O)(Oc1ccc(N=P(c2ccccc2)(c2ccccc2)c2ccccc2)c(C=Cc2ccccc2)c1)c1ccccc1. The van der Waals surface area contributed by atoms with Crippen LogP contribution in [-0.2, 0) is 10.1 Å². The Bertz CT molecular complexity index is 1930. The number of rotatable bonds is 9. The van der Waals surface area contributed by atoms with Crippen LogP contribution in [0.25, 0.3) is 12.2 Å². The number of benzene rings is 6. The first-order valence-electron chi connectivity index (χ1n) is 14.2. The molecule has 0 radical (unpaired) electrons. The van der Waals surface area contributed by atoms with E-state index in [0.29, 0.717) is 0 Å². The van der Waals surface area contributed by atoms with Crippen molar-refractivity contribution in [3.8, 4) is 5.75 Å². The molecule has 0 saturated carbocycles. The molecule has 6 aromatic carbocycles. The third-order valence-electron chi connectivity index (χ3n) is 7.14. The van der Waals surface area contributed by atoms with Gasteiger partial charge >= 0.3 is 10.1 Å². The van der Waals surface area contributed by atoms with Crippen molar-refractivity contribution in [2.45, 2.75) is 4.90 Å². The van der Waals surface area contributed by atoms with Gasteiger partial charge in [0.2, 0.25) is 0 Å². The molecule has 0 aliphatic rings. The Morgan fingerprint density at radius 3 is 1.48 bits per heavy atom. The Morgan fingerprint density at radius 1 is 0.523 bits per heavy atom. The molecule has 0 saturated heterocycles. The van der Waals surface area contributed by atoms with Crippen LogP contribution in [0, 0.1) is 0 Å². The topological polar surface area (TPSA) is 55.7 Å². The molecule has 0 heterocycles. The van der Waals surface area contributed by atoms with Crippen molar-refractivity contribution < 1.29 is 12.6 Å². The Kier molecular flexibility index (Phi) is 8.69. The Hall–Kier alpha value is -4.96. The minimum Gasteiger partial charge on any atom is -0.379 e. The number of nitrogens with zero attached hydrogens (tertiary/aromatic N) is 1. The first-order valence-corrected chi connectivity index (χ1v) is 17.4. The second-order valence-electron chi connectivity index (χ2n) is 10.1. The molecule has 4 nitrogen and oxygen atoms in total. The molecule has 44 heavy (non-hydrogen) atoms. The summed E-state index contributed by atoms with van der Waals surface area (Å²) < 4.78 is 37.5. The highest BCUT2D eigenvalue weighted by atomic mass is 32.2. The molecule has 0 aromatic heterocycles. The molecule has 6 rings (SSSR count). The van der Waals surface area contributed by atoms with E-state index in [-0.39, 0.29) is 10.6 Å². The monoisotopic (exact) mass is 611 g/mol. The van der Waals surface area contributed by atoms with Crippen LogP contribution in [0.3, 0.4) is 0 Å². The highest BCUT2D eigenvalue weighted by Crippen LogP contribution is 2.50. The van der Waals surface area contributed by atoms with Gasteiger partial charge in [0.05, 0.1) is 12.7 Å². The van der Waals surface area contributed by atoms with Crippen LogP contribution in [0.2, 0.25) is 0 Å². The summed E-state index contributed by atoms with van der Waals surface area (Å²) in [5.41, 5.74) is 2.48. The fraction of sp³-hybridized carbons (Fsp3) is 0. The predicted molar refractivity (Wildman–Crippen MR) is 183 cm³/mol. The fourth-order valence-electron chi connectivity index (χ4n) is 5.03. The summed E-state index contributed by atoms with van der Waals surface area (Å²) in [6.07, 6.45) is 3.96. The summed E-state index contributed by atoms with van der Waals surface area (Å²) in [6.45, 7) is 0. The van der Waals surface area contributed by atoms with Crippen molar-refractivity contribution in [2.24, 2.45) is 4.74 Å². The predicted octanol–water partition coefficient (Wildman–Crippen LogP) is 8.43. The van der Waals surface area contributed by atoms with Crippen molar-refractivity contribution in [3.05, 3.63) is 181 Å². The lowest BCUT2D eigenvalue weighted by Gasteiger charge is -2.27. The minimum atomic E-state index is -4.02. The quantitative estimate of drug-likeness (QED) is 0.0937. The maximum atomic E-state index is 13.1. The molecule has 216 valence electrons. The Labute approximate surface area is 259 Å². The molecule has 6 aromatic rings. The normalized spacial score (nSPS) is 11.7. The van der Waals surface area contributed by atoms with E-state index in [4.69, 9.17) is 8.93 Å². The first-order chi connectivity index (χ1) is 21.5. The van der Waals surface area contributed by atoms with E-state index in [2.05, 4.69) is 36.4 Å². The molecule has 0 unspecified atom stereocenters. The molecule has 0 N–H and O–H groups in total. The van der Waals surface area contributed by atoms with Gasteiger partial charge in [-0.05, 0) is 35.9 Å². The fourth-order valence-corrected chi connectivity index (χ4v) is 9.54. The van der Waals surface area contributed by atoms with Crippen LogP contribution in [0.15, 0.2) is 179 Å². The molecule has 0 spiro atoms. The standard InChI is InChI=1S/C38H30NO3PS/c40-44(41,37-24-14-5-15-25-37)42-33-28-29-38(32(30-33)27-26-31-16-6-1-7-17-31)39-43(34-18-8-2-9-19-34,35-20-10-3-11-21-35)36-22-12-4-13-23-36/h1-30H. The van der Waals surface area contributed by atoms with Gasteiger partial charge < -0.3 is 4.18 Å². The largest absolute Gasteiger partial charge is 0.379 e. The van der Waals surface area contributed by atoms with E-state index in [9.17, 15) is 8.42 Å². The Morgan fingerprint density at radius 2 is 0.977 bits per heavy atom. The number of hydrogen-bond acceptors (Lipinski definition) is 4. The first kappa shape index (κ1) is 29.1. The second kappa shape index (κ2) is 13.1. The van der Waals surface area contributed by atoms with Gasteiger partial charge in [0.25, 0.3) is 0 Å². The zero-order valence-corrected chi connectivity index (χ0v) is 25.6. The van der Waals surface area contributed by atoms with Crippen molar-refractivity contribution in [1.82, 2.24) is 0 Å². The van der Waals surface area contributed by atoms with Crippen LogP contribution in [-0.4, -0.2) is 8.42 Å². The lowest BCUT2D eigenvalue weighted by Crippen LogP contribution is -2.25. The van der Waals surface area contributed by atoms with Gasteiger partial charge in [0.1, 0.15) is 10.6 Å². The van der Waals surface area contributed by atoms with Crippen molar-refractivity contribution in [3.63, 3.8) is 0 Å². The minimum absolute atomic E-state index is 0.0947. The summed E-state index contributed by atoms with van der Waals surface area (Å²) in [4.78, 5) is 0.0947. The van der Waals surface area contributed by atoms with E-state index < -0.39 is 17.2 Å². The molecule has 6 heteroatoms. The average Bonchev–Trinajstić information content (AvgIpc) is 3.09. The zero-order valence-electron chi connectivity index (χ0n) is 23.8. The van der Waals surface area contributed by atoms with Crippen LogP contribution in [0.4, 0.5) is 5.69 Å². The summed E-state index contributed by atoms with van der Waals surface area (Å²) in [5, 5.41) is 3.34. The number of hydrogen-bond donors (Lipinski definition) is 0. The van der Waals surface area contributed by atoms with Crippen molar-refractivity contribution in [1.29, 1.82) is 0 Å². The van der Waals surface area contributed by atoms with Crippen molar-refractivity contribution >= 4 is 50.9 Å². The highest BCUT2D eigenvalue weighted by molar-refractivity contribution is 7.87. The van der Waals surface area contributed by atoms with Gasteiger partial charge in [-0.2, -0.15) is 8.42 Å². The molecule has 0 atom stereocenters. The van der Waals surface area contributed by atoms with Gasteiger partial charge in [-0.25, -0.2) is 0 Å². The third kappa shape index (κ3) is 6.35. The van der Waals surface area contributed by atoms with E-state index in [0.717, 1.165) is 32.7 Å². The molecule has 0 fully saturated rings. The highest BCUT2D eigenvalue weighted by Gasteiger charge is 2.28. The Balaban J connectivity index is 1.59. The van der Waals surface area contributed by atoms with Crippen LogP contribution in [0.5, 0.6) is 5.75 Å². The van der Waals surface area contributed by atoms with Crippen LogP contribution in [0.1, 0.15) is 11.1 Å². The van der Waals surface area contributed by atoms with Gasteiger partial charge in [-0.3, -0.25) is 4.74 Å². The summed E-state index contributed by atoms with van der Waals surface area (Å²) >= 11 is 0. The maximum absolute atomic E-state index is 13.1. The van der Waals surface area contributed by atoms with E-state index >= 15 is 0 Å². The maximum Gasteiger partial charge on any atom is 0.339 e. The molecular weight excluding hydrogens is 581 g/mol. The van der Waals surface area contributed by atoms with Crippen molar-refractivity contribution in [2.75, 3.05) is 0 Å². The molecule has 0 aliphatic carbocycles. The average molecular weight is 612 g/mol. The van der Waals surface area contributed by atoms with E-state index in [1.54, 1.807) is 30.3 Å². The summed E-state index contributed by atoms with van der Waals surface area (Å²) in [6, 6.07) is 54.6. The smallest absolute Gasteiger partial charge is 0.339 e. The lowest BCUT2D eigenvalue weighted by atomic mass is 10.1. The lowest BCUT2D eigenvalue weighted by molar-refractivity contribution is 0.486. The molecule has 0 bridgehead atoms. The van der Waals surface area contributed by atoms with Gasteiger partial charge in [-0.1, -0.05) is 152 Å². The molecular formula is C38H30NO3PS. The zero-order chi connectivity index (χ0) is 30.2. The van der Waals surface area contributed by atoms with E-state index in [1.165, 1.54) is 12.1 Å². The van der Waals surface area contributed by atoms with Gasteiger partial charge in [0, 0.05) is 21.5 Å². The van der Waals surface area contributed by atoms with Crippen LogP contribution >= 0.6 is 7.05 Å². The van der Waals surface area contributed by atoms with Gasteiger partial charge in [0.15, 0.2) is 0 Å². The van der Waals surface area contributed by atoms with Crippen LogP contribution < -0.4 is 20.1 Å². The molecule has 0 aliphatic heterocycles. The molecule has 0 amide bonds. The van der Waals surface area contributed by atoms with E-state index in [1.807, 2.05) is 103 Å². The third-order valence-corrected chi connectivity index (χ3v) is 12.1. The summed E-state index contributed by atoms with van der Waals surface area (Å²) in [7, 11) is -6.59. The van der Waals surface area contributed by atoms with Gasteiger partial charge in [-0.15, -0.1) is 0 Å². The second-order valence-corrected chi connectivity index (χ2v) is 14.6.